The molecular weight excluding hydrogens is 274 g/mol. The van der Waals surface area contributed by atoms with Crippen molar-refractivity contribution in [3.63, 3.8) is 0 Å². The molecule has 2 heterocycles. The first-order chi connectivity index (χ1) is 9.66. The van der Waals surface area contributed by atoms with Crippen molar-refractivity contribution < 1.29 is 14.3 Å². The Morgan fingerprint density at radius 1 is 1.25 bits per heavy atom. The van der Waals surface area contributed by atoms with Crippen molar-refractivity contribution in [3.8, 4) is 22.1 Å². The molecule has 0 radical (unpaired) electrons. The Morgan fingerprint density at radius 2 is 2.00 bits per heavy atom. The normalized spacial score (nSPS) is 10.7. The molecule has 20 heavy (non-hydrogen) atoms. The van der Waals surface area contributed by atoms with Crippen molar-refractivity contribution in [2.75, 3.05) is 0 Å². The van der Waals surface area contributed by atoms with Crippen molar-refractivity contribution in [1.29, 1.82) is 0 Å². The number of aromatic nitrogens is 1. The van der Waals surface area contributed by atoms with E-state index in [4.69, 9.17) is 4.42 Å². The first-order valence-electron chi connectivity index (χ1n) is 6.01. The molecule has 0 saturated heterocycles. The molecule has 0 amide bonds. The summed E-state index contributed by atoms with van der Waals surface area (Å²) in [4.78, 5) is 16.3. The van der Waals surface area contributed by atoms with E-state index < -0.39 is 5.97 Å². The van der Waals surface area contributed by atoms with Crippen LogP contribution in [0.5, 0.6) is 0 Å². The van der Waals surface area contributed by atoms with Crippen LogP contribution in [0.4, 0.5) is 0 Å². The Hall–Kier alpha value is -2.40. The number of thiophene rings is 1. The number of carboxylic acid groups (broad SMARTS) is 1. The summed E-state index contributed by atoms with van der Waals surface area (Å²) < 4.78 is 5.71. The van der Waals surface area contributed by atoms with E-state index >= 15 is 0 Å². The van der Waals surface area contributed by atoms with Gasteiger partial charge in [-0.2, -0.15) is 0 Å². The predicted molar refractivity (Wildman–Crippen MR) is 76.9 cm³/mol. The number of nitrogens with zero attached hydrogens (tertiary/aromatic N) is 1. The van der Waals surface area contributed by atoms with E-state index in [2.05, 4.69) is 4.98 Å². The van der Waals surface area contributed by atoms with E-state index in [1.165, 1.54) is 11.3 Å². The van der Waals surface area contributed by atoms with Crippen molar-refractivity contribution in [2.45, 2.75) is 6.92 Å². The number of aryl methyl sites for hydroxylation is 1. The molecule has 0 fully saturated rings. The molecule has 3 aromatic rings. The molecule has 0 aliphatic rings. The van der Waals surface area contributed by atoms with Gasteiger partial charge < -0.3 is 9.52 Å². The zero-order valence-electron chi connectivity index (χ0n) is 10.7. The van der Waals surface area contributed by atoms with Crippen LogP contribution in [0.3, 0.4) is 0 Å². The molecule has 0 atom stereocenters. The van der Waals surface area contributed by atoms with Crippen LogP contribution < -0.4 is 0 Å². The monoisotopic (exact) mass is 285 g/mol. The summed E-state index contributed by atoms with van der Waals surface area (Å²) in [5.74, 6) is -0.437. The SMILES string of the molecule is Cc1ccsc1-c1oc(-c2ccccc2)nc1C(=O)O. The summed E-state index contributed by atoms with van der Waals surface area (Å²) in [5.41, 5.74) is 1.69. The van der Waals surface area contributed by atoms with Gasteiger partial charge in [0.25, 0.3) is 0 Å². The highest BCUT2D eigenvalue weighted by Crippen LogP contribution is 2.35. The van der Waals surface area contributed by atoms with Gasteiger partial charge in [-0.1, -0.05) is 18.2 Å². The maximum atomic E-state index is 11.4. The van der Waals surface area contributed by atoms with Crippen LogP contribution in [0.15, 0.2) is 46.2 Å². The molecule has 0 spiro atoms. The fraction of sp³-hybridized carbons (Fsp3) is 0.0667. The fourth-order valence-corrected chi connectivity index (χ4v) is 2.84. The molecule has 3 rings (SSSR count). The Bertz CT molecular complexity index is 759. The molecule has 1 N–H and O–H groups in total. The molecular formula is C15H11NO3S. The van der Waals surface area contributed by atoms with Gasteiger partial charge in [0.1, 0.15) is 0 Å². The smallest absolute Gasteiger partial charge is 0.358 e. The second-order valence-corrected chi connectivity index (χ2v) is 5.22. The minimum atomic E-state index is -1.08. The third-order valence-electron chi connectivity index (χ3n) is 2.92. The number of rotatable bonds is 3. The van der Waals surface area contributed by atoms with Gasteiger partial charge in [-0.15, -0.1) is 11.3 Å². The summed E-state index contributed by atoms with van der Waals surface area (Å²) >= 11 is 1.45. The van der Waals surface area contributed by atoms with Gasteiger partial charge in [0.2, 0.25) is 5.89 Å². The maximum absolute atomic E-state index is 11.4. The highest BCUT2D eigenvalue weighted by molar-refractivity contribution is 7.13. The first kappa shape index (κ1) is 12.6. The minimum Gasteiger partial charge on any atom is -0.476 e. The number of oxazole rings is 1. The summed E-state index contributed by atoms with van der Waals surface area (Å²) in [5, 5.41) is 11.2. The maximum Gasteiger partial charge on any atom is 0.358 e. The summed E-state index contributed by atoms with van der Waals surface area (Å²) in [6.45, 7) is 1.92. The van der Waals surface area contributed by atoms with E-state index in [-0.39, 0.29) is 5.69 Å². The van der Waals surface area contributed by atoms with Crippen molar-refractivity contribution in [2.24, 2.45) is 0 Å². The average molecular weight is 285 g/mol. The van der Waals surface area contributed by atoms with E-state index in [0.29, 0.717) is 11.7 Å². The summed E-state index contributed by atoms with van der Waals surface area (Å²) in [6.07, 6.45) is 0. The van der Waals surface area contributed by atoms with Gasteiger partial charge >= 0.3 is 5.97 Å². The average Bonchev–Trinajstić information content (AvgIpc) is 3.05. The number of hydrogen-bond acceptors (Lipinski definition) is 4. The lowest BCUT2D eigenvalue weighted by atomic mass is 10.2. The van der Waals surface area contributed by atoms with Crippen LogP contribution >= 0.6 is 11.3 Å². The van der Waals surface area contributed by atoms with Crippen LogP contribution in [0.25, 0.3) is 22.1 Å². The first-order valence-corrected chi connectivity index (χ1v) is 6.89. The van der Waals surface area contributed by atoms with Crippen LogP contribution in [0.2, 0.25) is 0 Å². The van der Waals surface area contributed by atoms with Crippen LogP contribution in [0.1, 0.15) is 16.1 Å². The van der Waals surface area contributed by atoms with Gasteiger partial charge in [0.15, 0.2) is 11.5 Å². The molecule has 1 aromatic carbocycles. The standard InChI is InChI=1S/C15H11NO3S/c1-9-7-8-20-13(9)12-11(15(17)18)16-14(19-12)10-5-3-2-4-6-10/h2-8H,1H3,(H,17,18). The zero-order chi connectivity index (χ0) is 14.1. The second kappa shape index (κ2) is 4.94. The number of hydrogen-bond donors (Lipinski definition) is 1. The molecule has 2 aromatic heterocycles. The van der Waals surface area contributed by atoms with Crippen LogP contribution in [-0.2, 0) is 0 Å². The van der Waals surface area contributed by atoms with Gasteiger partial charge in [0.05, 0.1) is 4.88 Å². The predicted octanol–water partition coefficient (Wildman–Crippen LogP) is 4.08. The fourth-order valence-electron chi connectivity index (χ4n) is 1.93. The Balaban J connectivity index is 2.18. The lowest BCUT2D eigenvalue weighted by molar-refractivity contribution is 0.0691. The van der Waals surface area contributed by atoms with Gasteiger partial charge in [0, 0.05) is 5.56 Å². The van der Waals surface area contributed by atoms with Crippen LogP contribution in [-0.4, -0.2) is 16.1 Å². The highest BCUT2D eigenvalue weighted by Gasteiger charge is 2.23. The minimum absolute atomic E-state index is 0.0468. The Morgan fingerprint density at radius 3 is 2.60 bits per heavy atom. The number of aromatic carboxylic acids is 1. The molecule has 4 nitrogen and oxygen atoms in total. The van der Waals surface area contributed by atoms with Crippen molar-refractivity contribution in [1.82, 2.24) is 4.98 Å². The number of carboxylic acids is 1. The third kappa shape index (κ3) is 2.12. The molecule has 5 heteroatoms. The third-order valence-corrected chi connectivity index (χ3v) is 3.93. The largest absolute Gasteiger partial charge is 0.476 e. The Labute approximate surface area is 119 Å². The van der Waals surface area contributed by atoms with Crippen molar-refractivity contribution >= 4 is 17.3 Å². The molecule has 100 valence electrons. The van der Waals surface area contributed by atoms with Crippen LogP contribution in [0, 0.1) is 6.92 Å². The molecule has 0 aliphatic heterocycles. The van der Waals surface area contributed by atoms with Gasteiger partial charge in [-0.3, -0.25) is 0 Å². The van der Waals surface area contributed by atoms with Crippen molar-refractivity contribution in [3.05, 3.63) is 53.0 Å². The number of carbonyl (C=O) groups is 1. The number of benzene rings is 1. The van der Waals surface area contributed by atoms with E-state index in [1.807, 2.05) is 48.7 Å². The summed E-state index contributed by atoms with van der Waals surface area (Å²) in [7, 11) is 0. The lowest BCUT2D eigenvalue weighted by Gasteiger charge is -1.96. The molecule has 0 unspecified atom stereocenters. The Kier molecular flexibility index (Phi) is 3.12. The molecule has 0 saturated carbocycles. The molecule has 0 bridgehead atoms. The van der Waals surface area contributed by atoms with E-state index in [0.717, 1.165) is 16.0 Å². The lowest BCUT2D eigenvalue weighted by Crippen LogP contribution is -1.98. The topological polar surface area (TPSA) is 63.3 Å². The quantitative estimate of drug-likeness (QED) is 0.787. The highest BCUT2D eigenvalue weighted by atomic mass is 32.1. The van der Waals surface area contributed by atoms with Gasteiger partial charge in [-0.25, -0.2) is 9.78 Å². The second-order valence-electron chi connectivity index (χ2n) is 4.30. The van der Waals surface area contributed by atoms with E-state index in [9.17, 15) is 9.90 Å². The zero-order valence-corrected chi connectivity index (χ0v) is 11.5. The van der Waals surface area contributed by atoms with Gasteiger partial charge in [-0.05, 0) is 36.1 Å². The molecule has 0 aliphatic carbocycles. The van der Waals surface area contributed by atoms with E-state index in [1.54, 1.807) is 0 Å². The summed E-state index contributed by atoms with van der Waals surface area (Å²) in [6, 6.07) is 11.2.